The van der Waals surface area contributed by atoms with Crippen molar-refractivity contribution in [2.24, 2.45) is 0 Å². The minimum Gasteiger partial charge on any atom is -0.496 e. The Kier molecular flexibility index (Phi) is 4.02. The molecule has 1 N–H and O–H groups in total. The molecule has 0 bridgehead atoms. The minimum atomic E-state index is -0.351. The van der Waals surface area contributed by atoms with Crippen molar-refractivity contribution >= 4 is 11.6 Å². The molecular formula is C25H20N4O2. The van der Waals surface area contributed by atoms with Crippen molar-refractivity contribution in [2.45, 2.75) is 12.1 Å². The maximum absolute atomic E-state index is 6.63. The molecule has 2 atom stereocenters. The number of nitrogens with zero attached hydrogens (tertiary/aromatic N) is 3. The van der Waals surface area contributed by atoms with Gasteiger partial charge >= 0.3 is 0 Å². The van der Waals surface area contributed by atoms with Gasteiger partial charge in [0.2, 0.25) is 5.95 Å². The van der Waals surface area contributed by atoms with Gasteiger partial charge in [0, 0.05) is 16.7 Å². The zero-order chi connectivity index (χ0) is 20.8. The molecule has 3 heterocycles. The van der Waals surface area contributed by atoms with E-state index in [-0.39, 0.29) is 12.1 Å². The van der Waals surface area contributed by atoms with Gasteiger partial charge in [-0.3, -0.25) is 0 Å². The van der Waals surface area contributed by atoms with Crippen LogP contribution in [0.25, 0.3) is 5.70 Å². The molecule has 6 nitrogen and oxygen atoms in total. The fourth-order valence-electron chi connectivity index (χ4n) is 4.51. The number of rotatable bonds is 3. The second kappa shape index (κ2) is 7.02. The van der Waals surface area contributed by atoms with Crippen LogP contribution >= 0.6 is 0 Å². The van der Waals surface area contributed by atoms with Crippen LogP contribution in [0, 0.1) is 0 Å². The summed E-state index contributed by atoms with van der Waals surface area (Å²) < 4.78 is 14.3. The van der Waals surface area contributed by atoms with Crippen LogP contribution in [0.5, 0.6) is 11.5 Å². The first-order valence-electron chi connectivity index (χ1n) is 10.2. The van der Waals surface area contributed by atoms with Gasteiger partial charge in [-0.15, -0.1) is 0 Å². The van der Waals surface area contributed by atoms with E-state index in [9.17, 15) is 0 Å². The maximum Gasteiger partial charge on any atom is 0.226 e. The molecule has 0 radical (unpaired) electrons. The summed E-state index contributed by atoms with van der Waals surface area (Å²) in [5.41, 5.74) is 5.18. The van der Waals surface area contributed by atoms with Gasteiger partial charge in [0.15, 0.2) is 6.10 Å². The van der Waals surface area contributed by atoms with E-state index < -0.39 is 0 Å². The van der Waals surface area contributed by atoms with Gasteiger partial charge in [0.25, 0.3) is 0 Å². The summed E-state index contributed by atoms with van der Waals surface area (Å²) in [6, 6.07) is 26.3. The van der Waals surface area contributed by atoms with E-state index in [4.69, 9.17) is 9.47 Å². The third-order valence-electron chi connectivity index (χ3n) is 5.86. The van der Waals surface area contributed by atoms with Crippen molar-refractivity contribution in [1.29, 1.82) is 0 Å². The zero-order valence-electron chi connectivity index (χ0n) is 16.9. The quantitative estimate of drug-likeness (QED) is 0.525. The van der Waals surface area contributed by atoms with Crippen LogP contribution in [0.15, 0.2) is 90.8 Å². The molecule has 4 aromatic rings. The average molecular weight is 408 g/mol. The van der Waals surface area contributed by atoms with E-state index in [0.29, 0.717) is 5.95 Å². The van der Waals surface area contributed by atoms with E-state index in [2.05, 4.69) is 39.7 Å². The fraction of sp³-hybridized carbons (Fsp3) is 0.120. The minimum absolute atomic E-state index is 0.168. The second-order valence-electron chi connectivity index (χ2n) is 7.53. The maximum atomic E-state index is 6.63. The molecule has 152 valence electrons. The van der Waals surface area contributed by atoms with Crippen molar-refractivity contribution in [3.05, 3.63) is 107 Å². The Bertz CT molecular complexity index is 1300. The van der Waals surface area contributed by atoms with Crippen LogP contribution in [0.4, 0.5) is 5.95 Å². The molecule has 0 saturated carbocycles. The van der Waals surface area contributed by atoms with Gasteiger partial charge in [0.05, 0.1) is 12.8 Å². The number of benzene rings is 3. The van der Waals surface area contributed by atoms with Crippen LogP contribution < -0.4 is 14.8 Å². The van der Waals surface area contributed by atoms with Gasteiger partial charge in [-0.05, 0) is 23.8 Å². The molecule has 0 spiro atoms. The predicted molar refractivity (Wildman–Crippen MR) is 118 cm³/mol. The zero-order valence-corrected chi connectivity index (χ0v) is 16.9. The lowest BCUT2D eigenvalue weighted by molar-refractivity contribution is 0.217. The van der Waals surface area contributed by atoms with Crippen molar-refractivity contribution in [3.63, 3.8) is 0 Å². The lowest BCUT2D eigenvalue weighted by Crippen LogP contribution is -2.32. The first-order valence-corrected chi connectivity index (χ1v) is 10.2. The van der Waals surface area contributed by atoms with Crippen LogP contribution in [-0.2, 0) is 0 Å². The number of nitrogens with one attached hydrogen (secondary N) is 1. The SMILES string of the molecule is COc1ccccc1C1Oc2ccccc2C2=C1C(c1ccccc1)n1ncnc1N2. The number of hydrogen-bond donors (Lipinski definition) is 1. The Morgan fingerprint density at radius 3 is 2.58 bits per heavy atom. The van der Waals surface area contributed by atoms with E-state index >= 15 is 0 Å². The Balaban J connectivity index is 1.65. The van der Waals surface area contributed by atoms with Crippen molar-refractivity contribution in [2.75, 3.05) is 12.4 Å². The monoisotopic (exact) mass is 408 g/mol. The number of methoxy groups -OCH3 is 1. The van der Waals surface area contributed by atoms with Crippen LogP contribution in [0.3, 0.4) is 0 Å². The molecule has 2 unspecified atom stereocenters. The van der Waals surface area contributed by atoms with E-state index in [0.717, 1.165) is 39.5 Å². The smallest absolute Gasteiger partial charge is 0.226 e. The number of anilines is 1. The van der Waals surface area contributed by atoms with Crippen LogP contribution in [0.2, 0.25) is 0 Å². The third kappa shape index (κ3) is 2.72. The van der Waals surface area contributed by atoms with Gasteiger partial charge in [0.1, 0.15) is 23.9 Å². The number of aromatic nitrogens is 3. The summed E-state index contributed by atoms with van der Waals surface area (Å²) in [6.07, 6.45) is 1.23. The lowest BCUT2D eigenvalue weighted by atomic mass is 9.84. The topological polar surface area (TPSA) is 61.2 Å². The molecule has 31 heavy (non-hydrogen) atoms. The molecule has 2 aliphatic rings. The van der Waals surface area contributed by atoms with Gasteiger partial charge in [-0.1, -0.05) is 60.7 Å². The lowest BCUT2D eigenvalue weighted by Gasteiger charge is -2.39. The standard InChI is InChI=1S/C25H20N4O2/c1-30-19-13-7-6-12-18(19)24-21-22(17-11-5-8-14-20(17)31-24)28-25-26-15-27-29(25)23(21)16-9-3-2-4-10-16/h2-15,23-24H,1H3,(H,26,27,28). The van der Waals surface area contributed by atoms with Crippen LogP contribution in [-0.4, -0.2) is 21.9 Å². The molecule has 1 aromatic heterocycles. The first-order chi connectivity index (χ1) is 15.3. The van der Waals surface area contributed by atoms with E-state index in [1.165, 1.54) is 0 Å². The highest BCUT2D eigenvalue weighted by molar-refractivity contribution is 5.85. The largest absolute Gasteiger partial charge is 0.496 e. The summed E-state index contributed by atoms with van der Waals surface area (Å²) >= 11 is 0. The van der Waals surface area contributed by atoms with Gasteiger partial charge in [-0.25, -0.2) is 4.68 Å². The summed E-state index contributed by atoms with van der Waals surface area (Å²) in [7, 11) is 1.69. The normalized spacial score (nSPS) is 18.9. The van der Waals surface area contributed by atoms with E-state index in [1.54, 1.807) is 13.4 Å². The number of ether oxygens (including phenoxy) is 2. The molecule has 0 saturated heterocycles. The molecule has 3 aromatic carbocycles. The summed E-state index contributed by atoms with van der Waals surface area (Å²) in [5, 5.41) is 8.07. The van der Waals surface area contributed by atoms with Crippen molar-refractivity contribution < 1.29 is 9.47 Å². The van der Waals surface area contributed by atoms with Crippen molar-refractivity contribution in [1.82, 2.24) is 14.8 Å². The van der Waals surface area contributed by atoms with E-state index in [1.807, 2.05) is 59.3 Å². The Hall–Kier alpha value is -4.06. The highest BCUT2D eigenvalue weighted by Gasteiger charge is 2.41. The fourth-order valence-corrected chi connectivity index (χ4v) is 4.51. The molecule has 2 aliphatic heterocycles. The predicted octanol–water partition coefficient (Wildman–Crippen LogP) is 4.85. The van der Waals surface area contributed by atoms with Crippen LogP contribution in [0.1, 0.15) is 28.8 Å². The average Bonchev–Trinajstić information content (AvgIpc) is 3.31. The Labute approximate surface area is 179 Å². The first kappa shape index (κ1) is 17.8. The number of hydrogen-bond acceptors (Lipinski definition) is 5. The molecule has 6 heteroatoms. The highest BCUT2D eigenvalue weighted by atomic mass is 16.5. The van der Waals surface area contributed by atoms with Gasteiger partial charge < -0.3 is 14.8 Å². The number of para-hydroxylation sites is 2. The molecule has 0 fully saturated rings. The number of fused-ring (bicyclic) bond motifs is 3. The molecule has 6 rings (SSSR count). The second-order valence-corrected chi connectivity index (χ2v) is 7.53. The van der Waals surface area contributed by atoms with Crippen molar-refractivity contribution in [3.8, 4) is 11.5 Å². The Morgan fingerprint density at radius 2 is 1.71 bits per heavy atom. The molecular weight excluding hydrogens is 388 g/mol. The molecule has 0 amide bonds. The van der Waals surface area contributed by atoms with Gasteiger partial charge in [-0.2, -0.15) is 10.1 Å². The third-order valence-corrected chi connectivity index (χ3v) is 5.86. The summed E-state index contributed by atoms with van der Waals surface area (Å²) in [5.74, 6) is 2.32. The molecule has 0 aliphatic carbocycles. The Morgan fingerprint density at radius 1 is 0.935 bits per heavy atom. The summed E-state index contributed by atoms with van der Waals surface area (Å²) in [4.78, 5) is 4.47. The highest BCUT2D eigenvalue weighted by Crippen LogP contribution is 2.51. The summed E-state index contributed by atoms with van der Waals surface area (Å²) in [6.45, 7) is 0.